The predicted molar refractivity (Wildman–Crippen MR) is 134 cm³/mol. The maximum atomic E-state index is 15.1. The highest BCUT2D eigenvalue weighted by atomic mass is 19.2. The van der Waals surface area contributed by atoms with Crippen molar-refractivity contribution in [3.05, 3.63) is 89.3 Å². The lowest BCUT2D eigenvalue weighted by Gasteiger charge is -2.29. The van der Waals surface area contributed by atoms with Gasteiger partial charge in [-0.05, 0) is 80.2 Å². The van der Waals surface area contributed by atoms with Gasteiger partial charge in [0.05, 0.1) is 13.2 Å². The summed E-state index contributed by atoms with van der Waals surface area (Å²) in [6.07, 6.45) is 7.12. The molecule has 0 saturated heterocycles. The molecule has 0 heterocycles. The van der Waals surface area contributed by atoms with Gasteiger partial charge >= 0.3 is 0 Å². The molecule has 3 aromatic carbocycles. The standard InChI is InChI=1S/C30H31F3O2/c1-3-5-20-6-10-22(11-7-20)25-15-16-26(30(33)29(25)32)23-12-8-21(9-13-23)19-35-24-14-17-28(34-4-2)27(31)18-24/h3,5-7,10-11,14-18,21,23H,4,8-9,12-13,19H2,1-2H3/b5-3+. The van der Waals surface area contributed by atoms with Gasteiger partial charge in [0, 0.05) is 11.6 Å². The molecule has 1 saturated carbocycles. The summed E-state index contributed by atoms with van der Waals surface area (Å²) >= 11 is 0. The van der Waals surface area contributed by atoms with E-state index in [-0.39, 0.29) is 17.2 Å². The van der Waals surface area contributed by atoms with Crippen molar-refractivity contribution < 1.29 is 22.6 Å². The van der Waals surface area contributed by atoms with Crippen LogP contribution in [0.1, 0.15) is 56.6 Å². The third-order valence-corrected chi connectivity index (χ3v) is 6.67. The van der Waals surface area contributed by atoms with Crippen LogP contribution in [0.2, 0.25) is 0 Å². The Hall–Kier alpha value is -3.21. The number of hydrogen-bond donors (Lipinski definition) is 0. The van der Waals surface area contributed by atoms with Crippen molar-refractivity contribution in [2.45, 2.75) is 45.4 Å². The van der Waals surface area contributed by atoms with Crippen molar-refractivity contribution in [2.75, 3.05) is 13.2 Å². The van der Waals surface area contributed by atoms with E-state index in [4.69, 9.17) is 9.47 Å². The van der Waals surface area contributed by atoms with Gasteiger partial charge in [0.15, 0.2) is 23.2 Å². The van der Waals surface area contributed by atoms with E-state index in [1.54, 1.807) is 31.2 Å². The van der Waals surface area contributed by atoms with Crippen molar-refractivity contribution in [3.63, 3.8) is 0 Å². The fourth-order valence-electron chi connectivity index (χ4n) is 4.77. The van der Waals surface area contributed by atoms with E-state index in [2.05, 4.69) is 0 Å². The van der Waals surface area contributed by atoms with Gasteiger partial charge in [0.2, 0.25) is 0 Å². The maximum Gasteiger partial charge on any atom is 0.168 e. The minimum atomic E-state index is -0.788. The highest BCUT2D eigenvalue weighted by molar-refractivity contribution is 5.67. The molecule has 184 valence electrons. The number of rotatable bonds is 8. The molecule has 0 unspecified atom stereocenters. The molecule has 0 bridgehead atoms. The molecule has 1 aliphatic rings. The van der Waals surface area contributed by atoms with E-state index in [0.29, 0.717) is 36.0 Å². The SMILES string of the molecule is C/C=C/c1ccc(-c2ccc(C3CCC(COc4ccc(OCC)c(F)c4)CC3)c(F)c2F)cc1. The van der Waals surface area contributed by atoms with E-state index >= 15 is 4.39 Å². The molecule has 35 heavy (non-hydrogen) atoms. The minimum Gasteiger partial charge on any atom is -0.493 e. The summed E-state index contributed by atoms with van der Waals surface area (Å²) in [7, 11) is 0. The molecule has 1 aliphatic carbocycles. The van der Waals surface area contributed by atoms with Crippen molar-refractivity contribution in [1.29, 1.82) is 0 Å². The van der Waals surface area contributed by atoms with Crippen LogP contribution in [0.4, 0.5) is 13.2 Å². The van der Waals surface area contributed by atoms with E-state index in [1.165, 1.54) is 6.07 Å². The Morgan fingerprint density at radius 3 is 2.26 bits per heavy atom. The summed E-state index contributed by atoms with van der Waals surface area (Å²) < 4.78 is 55.1. The molecular weight excluding hydrogens is 449 g/mol. The quantitative estimate of drug-likeness (QED) is 0.322. The van der Waals surface area contributed by atoms with E-state index in [9.17, 15) is 8.78 Å². The van der Waals surface area contributed by atoms with E-state index < -0.39 is 17.5 Å². The van der Waals surface area contributed by atoms with Crippen LogP contribution in [0.3, 0.4) is 0 Å². The zero-order chi connectivity index (χ0) is 24.8. The summed E-state index contributed by atoms with van der Waals surface area (Å²) in [4.78, 5) is 0. The second-order valence-electron chi connectivity index (χ2n) is 9.01. The largest absolute Gasteiger partial charge is 0.493 e. The summed E-state index contributed by atoms with van der Waals surface area (Å²) in [5.74, 6) is -1.02. The Labute approximate surface area is 205 Å². The smallest absolute Gasteiger partial charge is 0.168 e. The second-order valence-corrected chi connectivity index (χ2v) is 9.01. The Morgan fingerprint density at radius 2 is 1.60 bits per heavy atom. The lowest BCUT2D eigenvalue weighted by molar-refractivity contribution is 0.198. The third kappa shape index (κ3) is 5.90. The zero-order valence-corrected chi connectivity index (χ0v) is 20.2. The van der Waals surface area contributed by atoms with Crippen molar-refractivity contribution >= 4 is 6.08 Å². The molecule has 0 spiro atoms. The molecule has 3 aromatic rings. The lowest BCUT2D eigenvalue weighted by atomic mass is 9.78. The molecule has 0 amide bonds. The second kappa shape index (κ2) is 11.5. The van der Waals surface area contributed by atoms with Gasteiger partial charge in [-0.3, -0.25) is 0 Å². The molecule has 0 atom stereocenters. The normalized spacial score (nSPS) is 18.1. The number of hydrogen-bond acceptors (Lipinski definition) is 2. The molecule has 1 fully saturated rings. The number of benzene rings is 3. The molecule has 0 N–H and O–H groups in total. The van der Waals surface area contributed by atoms with Crippen molar-refractivity contribution in [3.8, 4) is 22.6 Å². The molecule has 0 aromatic heterocycles. The molecule has 0 aliphatic heterocycles. The van der Waals surface area contributed by atoms with Gasteiger partial charge in [0.25, 0.3) is 0 Å². The first kappa shape index (κ1) is 24.9. The maximum absolute atomic E-state index is 15.1. The third-order valence-electron chi connectivity index (χ3n) is 6.67. The first-order chi connectivity index (χ1) is 17.0. The van der Waals surface area contributed by atoms with Crippen LogP contribution in [0.25, 0.3) is 17.2 Å². The number of ether oxygens (including phenoxy) is 2. The van der Waals surface area contributed by atoms with Gasteiger partial charge in [-0.2, -0.15) is 0 Å². The molecule has 5 heteroatoms. The van der Waals surface area contributed by atoms with Crippen LogP contribution in [-0.2, 0) is 0 Å². The van der Waals surface area contributed by atoms with Crippen LogP contribution in [0.5, 0.6) is 11.5 Å². The summed E-state index contributed by atoms with van der Waals surface area (Å²) in [5.41, 5.74) is 2.41. The Balaban J connectivity index is 1.36. The summed E-state index contributed by atoms with van der Waals surface area (Å²) in [6, 6.07) is 15.5. The van der Waals surface area contributed by atoms with E-state index in [1.807, 2.05) is 43.3 Å². The van der Waals surface area contributed by atoms with Crippen LogP contribution >= 0.6 is 0 Å². The van der Waals surface area contributed by atoms with Crippen molar-refractivity contribution in [2.24, 2.45) is 5.92 Å². The molecule has 2 nitrogen and oxygen atoms in total. The first-order valence-electron chi connectivity index (χ1n) is 12.3. The monoisotopic (exact) mass is 480 g/mol. The van der Waals surface area contributed by atoms with Crippen LogP contribution in [-0.4, -0.2) is 13.2 Å². The van der Waals surface area contributed by atoms with E-state index in [0.717, 1.165) is 31.2 Å². The topological polar surface area (TPSA) is 18.5 Å². The minimum absolute atomic E-state index is 0.0187. The summed E-state index contributed by atoms with van der Waals surface area (Å²) in [5, 5.41) is 0. The van der Waals surface area contributed by atoms with Crippen LogP contribution in [0.15, 0.2) is 60.7 Å². The van der Waals surface area contributed by atoms with Crippen molar-refractivity contribution in [1.82, 2.24) is 0 Å². The Kier molecular flexibility index (Phi) is 8.17. The van der Waals surface area contributed by atoms with Crippen LogP contribution < -0.4 is 9.47 Å². The number of allylic oxidation sites excluding steroid dienone is 1. The Morgan fingerprint density at radius 1 is 0.857 bits per heavy atom. The van der Waals surface area contributed by atoms with Gasteiger partial charge < -0.3 is 9.47 Å². The Bertz CT molecular complexity index is 1160. The van der Waals surface area contributed by atoms with Gasteiger partial charge in [-0.1, -0.05) is 48.6 Å². The predicted octanol–water partition coefficient (Wildman–Crippen LogP) is 8.56. The van der Waals surface area contributed by atoms with Crippen LogP contribution in [0, 0.1) is 23.4 Å². The van der Waals surface area contributed by atoms with Gasteiger partial charge in [0.1, 0.15) is 5.75 Å². The highest BCUT2D eigenvalue weighted by Gasteiger charge is 2.27. The molecular formula is C30H31F3O2. The average molecular weight is 481 g/mol. The fraction of sp³-hybridized carbons (Fsp3) is 0.333. The van der Waals surface area contributed by atoms with Gasteiger partial charge in [-0.25, -0.2) is 13.2 Å². The first-order valence-corrected chi connectivity index (χ1v) is 12.3. The lowest BCUT2D eigenvalue weighted by Crippen LogP contribution is -2.20. The fourth-order valence-corrected chi connectivity index (χ4v) is 4.77. The highest BCUT2D eigenvalue weighted by Crippen LogP contribution is 2.39. The average Bonchev–Trinajstić information content (AvgIpc) is 2.87. The zero-order valence-electron chi connectivity index (χ0n) is 20.2. The summed E-state index contributed by atoms with van der Waals surface area (Å²) in [6.45, 7) is 4.61. The molecule has 4 rings (SSSR count). The molecule has 0 radical (unpaired) electrons. The number of halogens is 3. The van der Waals surface area contributed by atoms with Gasteiger partial charge in [-0.15, -0.1) is 0 Å².